The van der Waals surface area contributed by atoms with Gasteiger partial charge in [-0.25, -0.2) is 4.68 Å². The molecule has 1 N–H and O–H groups in total. The van der Waals surface area contributed by atoms with E-state index in [0.717, 1.165) is 36.0 Å². The summed E-state index contributed by atoms with van der Waals surface area (Å²) in [6, 6.07) is 14.3. The lowest BCUT2D eigenvalue weighted by Crippen LogP contribution is -2.57. The maximum Gasteiger partial charge on any atom is 0.248 e. The van der Waals surface area contributed by atoms with E-state index in [-0.39, 0.29) is 48.7 Å². The maximum absolute atomic E-state index is 15.0. The minimum absolute atomic E-state index is 0.0277. The Morgan fingerprint density at radius 3 is 2.52 bits per heavy atom. The van der Waals surface area contributed by atoms with E-state index < -0.39 is 22.6 Å². The number of ether oxygens (including phenoxy) is 1. The van der Waals surface area contributed by atoms with Crippen LogP contribution in [0.3, 0.4) is 0 Å². The summed E-state index contributed by atoms with van der Waals surface area (Å²) >= 11 is 1.67. The van der Waals surface area contributed by atoms with E-state index in [1.165, 1.54) is 0 Å². The number of amides is 3. The first-order valence-corrected chi connectivity index (χ1v) is 18.6. The van der Waals surface area contributed by atoms with E-state index in [1.807, 2.05) is 55.5 Å². The number of anilines is 1. The summed E-state index contributed by atoms with van der Waals surface area (Å²) in [6.07, 6.45) is 7.18. The number of hydrogen-bond donors (Lipinski definition) is 1. The molecule has 2 aromatic carbocycles. The summed E-state index contributed by atoms with van der Waals surface area (Å²) in [5, 5.41) is 17.9. The molecule has 1 aromatic heterocycles. The van der Waals surface area contributed by atoms with Crippen LogP contribution < -0.4 is 9.64 Å². The van der Waals surface area contributed by atoms with Gasteiger partial charge in [-0.1, -0.05) is 49.3 Å². The van der Waals surface area contributed by atoms with Crippen LogP contribution in [0.15, 0.2) is 73.8 Å². The molecule has 3 aliphatic heterocycles. The molecule has 3 amide bonds. The lowest BCUT2D eigenvalue weighted by molar-refractivity contribution is -0.143. The van der Waals surface area contributed by atoms with Crippen LogP contribution >= 0.6 is 11.8 Å². The van der Waals surface area contributed by atoms with Crippen LogP contribution in [-0.4, -0.2) is 96.5 Å². The average Bonchev–Trinajstić information content (AvgIpc) is 3.84. The van der Waals surface area contributed by atoms with Gasteiger partial charge in [-0.05, 0) is 68.5 Å². The molecule has 6 atom stereocenters. The van der Waals surface area contributed by atoms with Crippen molar-refractivity contribution in [1.82, 2.24) is 24.8 Å². The maximum atomic E-state index is 15.0. The van der Waals surface area contributed by atoms with E-state index in [1.54, 1.807) is 43.3 Å². The highest BCUT2D eigenvalue weighted by Gasteiger charge is 2.76. The SMILES string of the molecule is C=CCN(Cn1nnc2ccccc21)C(=O)C1N(CCCCCCO)C(=O)[C@@H]2[C@@H](C(=O)N(CC=C)c3ccc(OCC)cc3)[C@H]3CC(C)C12S3. The van der Waals surface area contributed by atoms with Gasteiger partial charge in [-0.3, -0.25) is 14.4 Å². The molecule has 3 saturated heterocycles. The number of benzene rings is 2. The lowest BCUT2D eigenvalue weighted by atomic mass is 9.65. The molecule has 2 bridgehead atoms. The van der Waals surface area contributed by atoms with E-state index in [2.05, 4.69) is 30.4 Å². The highest BCUT2D eigenvalue weighted by atomic mass is 32.2. The van der Waals surface area contributed by atoms with Crippen molar-refractivity contribution in [3.8, 4) is 5.75 Å². The lowest BCUT2D eigenvalue weighted by Gasteiger charge is -2.41. The number of para-hydroxylation sites is 1. The molecule has 1 spiro atoms. The van der Waals surface area contributed by atoms with Crippen LogP contribution in [0.2, 0.25) is 0 Å². The van der Waals surface area contributed by atoms with Crippen LogP contribution in [0.5, 0.6) is 5.75 Å². The summed E-state index contributed by atoms with van der Waals surface area (Å²) < 4.78 is 6.57. The van der Waals surface area contributed by atoms with E-state index in [4.69, 9.17) is 4.74 Å². The number of carbonyl (C=O) groups is 3. The number of rotatable bonds is 17. The molecule has 4 heterocycles. The number of thioether (sulfide) groups is 1. The minimum atomic E-state index is -0.771. The zero-order chi connectivity index (χ0) is 35.4. The van der Waals surface area contributed by atoms with Crippen molar-refractivity contribution < 1.29 is 24.2 Å². The van der Waals surface area contributed by atoms with Gasteiger partial charge < -0.3 is 24.5 Å². The molecule has 3 aromatic rings. The molecule has 0 radical (unpaired) electrons. The molecule has 3 unspecified atom stereocenters. The van der Waals surface area contributed by atoms with Gasteiger partial charge in [-0.2, -0.15) is 0 Å². The van der Waals surface area contributed by atoms with E-state index in [0.29, 0.717) is 38.2 Å². The zero-order valence-electron chi connectivity index (χ0n) is 29.0. The second kappa shape index (κ2) is 15.4. The van der Waals surface area contributed by atoms with Gasteiger partial charge in [0.15, 0.2) is 0 Å². The zero-order valence-corrected chi connectivity index (χ0v) is 29.8. The summed E-state index contributed by atoms with van der Waals surface area (Å²) in [5.41, 5.74) is 2.25. The Balaban J connectivity index is 1.36. The van der Waals surface area contributed by atoms with Gasteiger partial charge in [0.1, 0.15) is 24.0 Å². The second-order valence-electron chi connectivity index (χ2n) is 13.5. The third-order valence-electron chi connectivity index (χ3n) is 10.5. The summed E-state index contributed by atoms with van der Waals surface area (Å²) in [5.74, 6) is -0.897. The third kappa shape index (κ3) is 6.32. The standard InChI is InChI=1S/C38H48N6O5S/c1-5-20-41(25-44-30-15-11-10-14-29(30)39-40-44)37(48)34-38-26(4)24-31(50-38)32(33(38)36(47)43(34)22-12-8-9-13-23-45)35(46)42(21-6-2)27-16-18-28(19-17-27)49-7-3/h5-6,10-11,14-19,26,31-34,45H,1-2,7-9,12-13,20-25H2,3-4H3/t26?,31-,32+,33+,34?,38?/m1/s1. The fraction of sp³-hybridized carbons (Fsp3) is 0.500. The Bertz CT molecular complexity index is 1710. The Morgan fingerprint density at radius 1 is 1.06 bits per heavy atom. The number of fused-ring (bicyclic) bond motifs is 2. The highest BCUT2D eigenvalue weighted by molar-refractivity contribution is 8.02. The van der Waals surface area contributed by atoms with Crippen molar-refractivity contribution in [3.63, 3.8) is 0 Å². The van der Waals surface area contributed by atoms with Crippen molar-refractivity contribution in [2.24, 2.45) is 17.8 Å². The number of hydrogen-bond acceptors (Lipinski definition) is 8. The molecular formula is C38H48N6O5S. The normalized spacial score (nSPS) is 25.1. The van der Waals surface area contributed by atoms with Gasteiger partial charge in [0.25, 0.3) is 0 Å². The van der Waals surface area contributed by atoms with Crippen molar-refractivity contribution in [2.45, 2.75) is 68.7 Å². The Hall–Kier alpha value is -4.16. The van der Waals surface area contributed by atoms with Crippen LogP contribution in [-0.2, 0) is 21.1 Å². The fourth-order valence-corrected chi connectivity index (χ4v) is 10.7. The topological polar surface area (TPSA) is 121 Å². The Morgan fingerprint density at radius 2 is 1.80 bits per heavy atom. The van der Waals surface area contributed by atoms with Gasteiger partial charge in [0.05, 0.1) is 28.7 Å². The van der Waals surface area contributed by atoms with Crippen LogP contribution in [0.25, 0.3) is 11.0 Å². The van der Waals surface area contributed by atoms with Crippen molar-refractivity contribution >= 4 is 46.2 Å². The molecular weight excluding hydrogens is 653 g/mol. The van der Waals surface area contributed by atoms with Crippen molar-refractivity contribution in [2.75, 3.05) is 37.7 Å². The van der Waals surface area contributed by atoms with Crippen LogP contribution in [0.4, 0.5) is 5.69 Å². The molecule has 6 rings (SSSR count). The summed E-state index contributed by atoms with van der Waals surface area (Å²) in [4.78, 5) is 49.8. The Kier molecular flexibility index (Phi) is 11.0. The molecule has 11 nitrogen and oxygen atoms in total. The number of carbonyl (C=O) groups excluding carboxylic acids is 3. The number of unbranched alkanes of at least 4 members (excludes halogenated alkanes) is 3. The molecule has 3 fully saturated rings. The number of aliphatic hydroxyl groups is 1. The second-order valence-corrected chi connectivity index (χ2v) is 15.0. The van der Waals surface area contributed by atoms with Crippen LogP contribution in [0, 0.1) is 17.8 Å². The number of aromatic nitrogens is 3. The van der Waals surface area contributed by atoms with Crippen LogP contribution in [0.1, 0.15) is 46.0 Å². The number of aliphatic hydroxyl groups excluding tert-OH is 1. The first-order chi connectivity index (χ1) is 24.3. The summed E-state index contributed by atoms with van der Waals surface area (Å²) in [6.45, 7) is 13.7. The molecule has 3 aliphatic rings. The predicted octanol–water partition coefficient (Wildman–Crippen LogP) is 4.91. The van der Waals surface area contributed by atoms with Gasteiger partial charge in [0, 0.05) is 37.2 Å². The minimum Gasteiger partial charge on any atom is -0.494 e. The molecule has 50 heavy (non-hydrogen) atoms. The molecule has 0 aliphatic carbocycles. The van der Waals surface area contributed by atoms with Crippen molar-refractivity contribution in [1.29, 1.82) is 0 Å². The molecule has 266 valence electrons. The van der Waals surface area contributed by atoms with Gasteiger partial charge in [-0.15, -0.1) is 30.0 Å². The van der Waals surface area contributed by atoms with Gasteiger partial charge in [0.2, 0.25) is 17.7 Å². The average molecular weight is 701 g/mol. The molecule has 0 saturated carbocycles. The first-order valence-electron chi connectivity index (χ1n) is 17.7. The predicted molar refractivity (Wildman–Crippen MR) is 196 cm³/mol. The van der Waals surface area contributed by atoms with Crippen molar-refractivity contribution in [3.05, 3.63) is 73.8 Å². The Labute approximate surface area is 298 Å². The number of likely N-dealkylation sites (tertiary alicyclic amines) is 1. The highest BCUT2D eigenvalue weighted by Crippen LogP contribution is 2.69. The van der Waals surface area contributed by atoms with Gasteiger partial charge >= 0.3 is 0 Å². The van der Waals surface area contributed by atoms with E-state index >= 15 is 4.79 Å². The fourth-order valence-electron chi connectivity index (χ4n) is 8.32. The number of nitrogens with zero attached hydrogens (tertiary/aromatic N) is 6. The monoisotopic (exact) mass is 700 g/mol. The molecule has 12 heteroatoms. The summed E-state index contributed by atoms with van der Waals surface area (Å²) in [7, 11) is 0. The largest absolute Gasteiger partial charge is 0.494 e. The third-order valence-corrected chi connectivity index (χ3v) is 12.6. The first kappa shape index (κ1) is 35.7. The quantitative estimate of drug-likeness (QED) is 0.156. The van der Waals surface area contributed by atoms with E-state index in [9.17, 15) is 14.7 Å². The smallest absolute Gasteiger partial charge is 0.248 e.